The van der Waals surface area contributed by atoms with Gasteiger partial charge in [-0.1, -0.05) is 0 Å². The molecule has 164 valence electrons. The number of ether oxygens (including phenoxy) is 1. The normalized spacial score (nSPS) is 26.4. The number of H-pyrrole nitrogens is 1. The van der Waals surface area contributed by atoms with E-state index < -0.39 is 0 Å². The van der Waals surface area contributed by atoms with Crippen LogP contribution in [0, 0.1) is 0 Å². The Balaban J connectivity index is 1.30. The second-order valence-corrected chi connectivity index (χ2v) is 9.46. The number of hydrogen-bond acceptors (Lipinski definition) is 6. The van der Waals surface area contributed by atoms with Crippen LogP contribution in [0.5, 0.6) is 0 Å². The molecule has 4 heterocycles. The van der Waals surface area contributed by atoms with E-state index >= 15 is 0 Å². The van der Waals surface area contributed by atoms with Crippen LogP contribution in [-0.2, 0) is 21.4 Å². The Hall–Kier alpha value is -1.93. The van der Waals surface area contributed by atoms with Gasteiger partial charge in [-0.05, 0) is 52.1 Å². The lowest BCUT2D eigenvalue weighted by molar-refractivity contribution is -0.133. The fourth-order valence-electron chi connectivity index (χ4n) is 5.80. The minimum atomic E-state index is -0.0500. The van der Waals surface area contributed by atoms with Gasteiger partial charge in [-0.25, -0.2) is 4.98 Å². The molecule has 1 aliphatic carbocycles. The van der Waals surface area contributed by atoms with Gasteiger partial charge in [-0.3, -0.25) is 14.6 Å². The first kappa shape index (κ1) is 20.0. The van der Waals surface area contributed by atoms with Gasteiger partial charge < -0.3 is 19.4 Å². The summed E-state index contributed by atoms with van der Waals surface area (Å²) in [5.41, 5.74) is 1.82. The van der Waals surface area contributed by atoms with E-state index in [0.717, 1.165) is 76.1 Å². The quantitative estimate of drug-likeness (QED) is 0.790. The molecule has 4 aliphatic rings. The van der Waals surface area contributed by atoms with Gasteiger partial charge in [0.2, 0.25) is 11.9 Å². The average Bonchev–Trinajstić information content (AvgIpc) is 3.33. The number of amides is 1. The third-order valence-corrected chi connectivity index (χ3v) is 7.82. The summed E-state index contributed by atoms with van der Waals surface area (Å²) < 4.78 is 5.44. The summed E-state index contributed by atoms with van der Waals surface area (Å²) in [6, 6.07) is 0.400. The summed E-state index contributed by atoms with van der Waals surface area (Å²) in [4.78, 5) is 40.1. The lowest BCUT2D eigenvalue weighted by Gasteiger charge is -2.40. The van der Waals surface area contributed by atoms with Crippen molar-refractivity contribution in [1.82, 2.24) is 19.8 Å². The number of rotatable bonds is 3. The summed E-state index contributed by atoms with van der Waals surface area (Å²) in [5.74, 6) is 0.973. The van der Waals surface area contributed by atoms with Crippen LogP contribution in [0.15, 0.2) is 4.79 Å². The monoisotopic (exact) mass is 415 g/mol. The number of fused-ring (bicyclic) bond motifs is 2. The van der Waals surface area contributed by atoms with Gasteiger partial charge >= 0.3 is 0 Å². The zero-order valence-corrected chi connectivity index (χ0v) is 18.0. The van der Waals surface area contributed by atoms with E-state index in [4.69, 9.17) is 9.72 Å². The fourth-order valence-corrected chi connectivity index (χ4v) is 5.80. The van der Waals surface area contributed by atoms with Crippen LogP contribution in [0.2, 0.25) is 0 Å². The molecule has 1 unspecified atom stereocenters. The Labute approximate surface area is 177 Å². The third-order valence-electron chi connectivity index (χ3n) is 7.82. The Morgan fingerprint density at radius 2 is 1.93 bits per heavy atom. The highest BCUT2D eigenvalue weighted by Gasteiger charge is 2.45. The number of hydrogen-bond donors (Lipinski definition) is 1. The molecule has 1 spiro atoms. The lowest BCUT2D eigenvalue weighted by Crippen LogP contribution is -2.46. The number of likely N-dealkylation sites (tertiary alicyclic amines) is 2. The Morgan fingerprint density at radius 3 is 2.63 bits per heavy atom. The number of piperidine rings is 1. The highest BCUT2D eigenvalue weighted by atomic mass is 16.5. The summed E-state index contributed by atoms with van der Waals surface area (Å²) in [7, 11) is 2.13. The highest BCUT2D eigenvalue weighted by Crippen LogP contribution is 2.44. The maximum Gasteiger partial charge on any atom is 0.255 e. The van der Waals surface area contributed by atoms with Gasteiger partial charge in [0.15, 0.2) is 0 Å². The van der Waals surface area contributed by atoms with Gasteiger partial charge in [-0.2, -0.15) is 0 Å². The van der Waals surface area contributed by atoms with Crippen molar-refractivity contribution >= 4 is 11.9 Å². The molecule has 1 amide bonds. The maximum absolute atomic E-state index is 12.9. The van der Waals surface area contributed by atoms with Crippen molar-refractivity contribution in [2.45, 2.75) is 56.4 Å². The number of aromatic amines is 1. The van der Waals surface area contributed by atoms with E-state index in [2.05, 4.69) is 21.8 Å². The molecule has 0 aromatic carbocycles. The van der Waals surface area contributed by atoms with E-state index in [1.165, 1.54) is 6.42 Å². The standard InChI is InChI=1S/C22H33N5O3/c1-25-8-2-3-16(25)15-18(28)26-9-6-22(7-10-26)5-4-17-19(22)23-21(24-20(17)29)27-11-13-30-14-12-27/h16H,2-15H2,1H3,(H,23,24,29). The van der Waals surface area contributed by atoms with Gasteiger partial charge in [0.25, 0.3) is 5.56 Å². The van der Waals surface area contributed by atoms with Crippen molar-refractivity contribution in [3.05, 3.63) is 21.6 Å². The van der Waals surface area contributed by atoms with Gasteiger partial charge in [0.05, 0.1) is 18.9 Å². The minimum absolute atomic E-state index is 0.0149. The minimum Gasteiger partial charge on any atom is -0.378 e. The summed E-state index contributed by atoms with van der Waals surface area (Å²) >= 11 is 0. The lowest BCUT2D eigenvalue weighted by atomic mass is 9.76. The van der Waals surface area contributed by atoms with Crippen molar-refractivity contribution in [3.8, 4) is 0 Å². The number of nitrogens with one attached hydrogen (secondary N) is 1. The fraction of sp³-hybridized carbons (Fsp3) is 0.773. The van der Waals surface area contributed by atoms with Gasteiger partial charge in [-0.15, -0.1) is 0 Å². The van der Waals surface area contributed by atoms with E-state index in [0.29, 0.717) is 31.6 Å². The van der Waals surface area contributed by atoms with Gasteiger partial charge in [0.1, 0.15) is 0 Å². The van der Waals surface area contributed by atoms with Crippen LogP contribution < -0.4 is 10.5 Å². The first-order valence-corrected chi connectivity index (χ1v) is 11.5. The molecule has 1 N–H and O–H groups in total. The number of nitrogens with zero attached hydrogens (tertiary/aromatic N) is 4. The molecule has 1 aromatic rings. The van der Waals surface area contributed by atoms with Crippen LogP contribution in [-0.4, -0.2) is 84.7 Å². The van der Waals surface area contributed by atoms with Crippen LogP contribution in [0.3, 0.4) is 0 Å². The molecule has 0 radical (unpaired) electrons. The Morgan fingerprint density at radius 1 is 1.17 bits per heavy atom. The van der Waals surface area contributed by atoms with Crippen LogP contribution in [0.4, 0.5) is 5.95 Å². The first-order chi connectivity index (χ1) is 14.6. The predicted octanol–water partition coefficient (Wildman–Crippen LogP) is 0.897. The van der Waals surface area contributed by atoms with Crippen LogP contribution >= 0.6 is 0 Å². The largest absolute Gasteiger partial charge is 0.378 e. The van der Waals surface area contributed by atoms with Crippen molar-refractivity contribution in [3.63, 3.8) is 0 Å². The number of anilines is 1. The molecule has 0 saturated carbocycles. The molecule has 1 atom stereocenters. The molecular weight excluding hydrogens is 382 g/mol. The maximum atomic E-state index is 12.9. The molecule has 8 nitrogen and oxygen atoms in total. The van der Waals surface area contributed by atoms with E-state index in [1.54, 1.807) is 0 Å². The molecule has 3 aliphatic heterocycles. The second kappa shape index (κ2) is 7.96. The van der Waals surface area contributed by atoms with Crippen molar-refractivity contribution in [1.29, 1.82) is 0 Å². The van der Waals surface area contributed by atoms with Gasteiger partial charge in [0, 0.05) is 49.6 Å². The SMILES string of the molecule is CN1CCCC1CC(=O)N1CCC2(CCc3c2nc(N2CCOCC2)[nH]c3=O)CC1. The summed E-state index contributed by atoms with van der Waals surface area (Å²) in [5, 5.41) is 0. The highest BCUT2D eigenvalue weighted by molar-refractivity contribution is 5.77. The van der Waals surface area contributed by atoms with Crippen LogP contribution in [0.1, 0.15) is 49.8 Å². The molecule has 1 aromatic heterocycles. The predicted molar refractivity (Wildman–Crippen MR) is 114 cm³/mol. The molecular formula is C22H33N5O3. The topological polar surface area (TPSA) is 81.8 Å². The van der Waals surface area contributed by atoms with Crippen molar-refractivity contribution in [2.75, 3.05) is 57.9 Å². The molecule has 8 heteroatoms. The van der Waals surface area contributed by atoms with E-state index in [1.807, 2.05) is 4.90 Å². The first-order valence-electron chi connectivity index (χ1n) is 11.5. The molecule has 3 fully saturated rings. The zero-order chi connectivity index (χ0) is 20.7. The van der Waals surface area contributed by atoms with E-state index in [-0.39, 0.29) is 16.9 Å². The molecule has 3 saturated heterocycles. The average molecular weight is 416 g/mol. The number of carbonyl (C=O) groups is 1. The number of carbonyl (C=O) groups excluding carboxylic acids is 1. The molecule has 0 bridgehead atoms. The second-order valence-electron chi connectivity index (χ2n) is 9.46. The Kier molecular flexibility index (Phi) is 5.31. The molecule has 5 rings (SSSR count). The van der Waals surface area contributed by atoms with E-state index in [9.17, 15) is 9.59 Å². The zero-order valence-electron chi connectivity index (χ0n) is 18.0. The summed E-state index contributed by atoms with van der Waals surface area (Å²) in [6.45, 7) is 5.49. The van der Waals surface area contributed by atoms with Crippen molar-refractivity contribution < 1.29 is 9.53 Å². The Bertz CT molecular complexity index is 855. The smallest absolute Gasteiger partial charge is 0.255 e. The third kappa shape index (κ3) is 3.54. The number of morpholine rings is 1. The van der Waals surface area contributed by atoms with Crippen LogP contribution in [0.25, 0.3) is 0 Å². The molecule has 30 heavy (non-hydrogen) atoms. The number of aromatic nitrogens is 2. The van der Waals surface area contributed by atoms with Crippen molar-refractivity contribution in [2.24, 2.45) is 0 Å². The summed E-state index contributed by atoms with van der Waals surface area (Å²) in [6.07, 6.45) is 6.54.